The fraction of sp³-hybridized carbons (Fsp3) is 0.562. The summed E-state index contributed by atoms with van der Waals surface area (Å²) in [7, 11) is 1.98. The molecule has 2 atom stereocenters. The predicted molar refractivity (Wildman–Crippen MR) is 85.2 cm³/mol. The standard InChI is InChI=1S/C16H24N2OS/c1-12-6-8-15(9-7-12)20-13(2)16(19)18-10-4-5-14(11-18)17-3/h6-9,13-14,17H,4-5,10-11H2,1-3H3. The largest absolute Gasteiger partial charge is 0.340 e. The molecule has 1 amide bonds. The monoisotopic (exact) mass is 292 g/mol. The van der Waals surface area contributed by atoms with Crippen molar-refractivity contribution in [2.75, 3.05) is 20.1 Å². The maximum atomic E-state index is 12.5. The van der Waals surface area contributed by atoms with Gasteiger partial charge in [0.05, 0.1) is 5.25 Å². The quantitative estimate of drug-likeness (QED) is 0.866. The summed E-state index contributed by atoms with van der Waals surface area (Å²) in [4.78, 5) is 15.7. The Balaban J connectivity index is 1.92. The Morgan fingerprint density at radius 3 is 2.75 bits per heavy atom. The van der Waals surface area contributed by atoms with Crippen molar-refractivity contribution in [3.63, 3.8) is 0 Å². The smallest absolute Gasteiger partial charge is 0.235 e. The molecule has 0 saturated carbocycles. The lowest BCUT2D eigenvalue weighted by molar-refractivity contribution is -0.131. The SMILES string of the molecule is CNC1CCCN(C(=O)C(C)Sc2ccc(C)cc2)C1. The maximum Gasteiger partial charge on any atom is 0.235 e. The first-order valence-corrected chi connectivity index (χ1v) is 8.17. The Hall–Kier alpha value is -1.00. The Kier molecular flexibility index (Phi) is 5.49. The molecule has 1 aliphatic rings. The number of nitrogens with one attached hydrogen (secondary N) is 1. The van der Waals surface area contributed by atoms with E-state index in [1.54, 1.807) is 11.8 Å². The number of hydrogen-bond donors (Lipinski definition) is 1. The van der Waals surface area contributed by atoms with Crippen LogP contribution in [0.4, 0.5) is 0 Å². The Labute approximate surface area is 126 Å². The molecule has 4 heteroatoms. The van der Waals surface area contributed by atoms with Crippen molar-refractivity contribution >= 4 is 17.7 Å². The van der Waals surface area contributed by atoms with E-state index in [-0.39, 0.29) is 11.2 Å². The second-order valence-corrected chi connectivity index (χ2v) is 6.90. The van der Waals surface area contributed by atoms with Gasteiger partial charge in [-0.3, -0.25) is 4.79 Å². The highest BCUT2D eigenvalue weighted by molar-refractivity contribution is 8.00. The number of thioether (sulfide) groups is 1. The number of carbonyl (C=O) groups excluding carboxylic acids is 1. The minimum atomic E-state index is -0.0201. The van der Waals surface area contributed by atoms with Gasteiger partial charge in [0.15, 0.2) is 0 Å². The van der Waals surface area contributed by atoms with Gasteiger partial charge in [-0.25, -0.2) is 0 Å². The lowest BCUT2D eigenvalue weighted by Gasteiger charge is -2.34. The van der Waals surface area contributed by atoms with Crippen LogP contribution in [0.1, 0.15) is 25.3 Å². The normalized spacial score (nSPS) is 20.8. The molecule has 1 heterocycles. The van der Waals surface area contributed by atoms with E-state index in [4.69, 9.17) is 0 Å². The number of amides is 1. The fourth-order valence-corrected chi connectivity index (χ4v) is 3.49. The minimum Gasteiger partial charge on any atom is -0.340 e. The molecule has 0 spiro atoms. The van der Waals surface area contributed by atoms with Crippen LogP contribution in [0.25, 0.3) is 0 Å². The number of hydrogen-bond acceptors (Lipinski definition) is 3. The van der Waals surface area contributed by atoms with Crippen LogP contribution in [0.15, 0.2) is 29.2 Å². The Morgan fingerprint density at radius 1 is 1.40 bits per heavy atom. The van der Waals surface area contributed by atoms with E-state index >= 15 is 0 Å². The molecule has 2 rings (SSSR count). The summed E-state index contributed by atoms with van der Waals surface area (Å²) in [6, 6.07) is 8.83. The fourth-order valence-electron chi connectivity index (χ4n) is 2.54. The first-order valence-electron chi connectivity index (χ1n) is 7.29. The third-order valence-corrected chi connectivity index (χ3v) is 4.92. The lowest BCUT2D eigenvalue weighted by Crippen LogP contribution is -2.49. The average Bonchev–Trinajstić information content (AvgIpc) is 2.48. The second kappa shape index (κ2) is 7.14. The molecule has 3 nitrogen and oxygen atoms in total. The molecule has 20 heavy (non-hydrogen) atoms. The number of benzene rings is 1. The van der Waals surface area contributed by atoms with Gasteiger partial charge in [-0.15, -0.1) is 11.8 Å². The summed E-state index contributed by atoms with van der Waals surface area (Å²) in [5.41, 5.74) is 1.25. The number of likely N-dealkylation sites (tertiary alicyclic amines) is 1. The van der Waals surface area contributed by atoms with Crippen LogP contribution in [-0.4, -0.2) is 42.2 Å². The van der Waals surface area contributed by atoms with Gasteiger partial charge in [-0.05, 0) is 45.9 Å². The molecule has 1 N–H and O–H groups in total. The van der Waals surface area contributed by atoms with E-state index in [1.165, 1.54) is 16.9 Å². The molecular formula is C16H24N2OS. The van der Waals surface area contributed by atoms with E-state index in [1.807, 2.05) is 18.9 Å². The molecule has 2 unspecified atom stereocenters. The molecule has 0 radical (unpaired) electrons. The van der Waals surface area contributed by atoms with Gasteiger partial charge < -0.3 is 10.2 Å². The van der Waals surface area contributed by atoms with E-state index in [0.29, 0.717) is 6.04 Å². The van der Waals surface area contributed by atoms with Crippen LogP contribution in [-0.2, 0) is 4.79 Å². The average molecular weight is 292 g/mol. The van der Waals surface area contributed by atoms with Crippen LogP contribution in [0.2, 0.25) is 0 Å². The lowest BCUT2D eigenvalue weighted by atomic mass is 10.1. The van der Waals surface area contributed by atoms with Crippen molar-refractivity contribution in [1.82, 2.24) is 10.2 Å². The maximum absolute atomic E-state index is 12.5. The van der Waals surface area contributed by atoms with E-state index in [9.17, 15) is 4.79 Å². The topological polar surface area (TPSA) is 32.3 Å². The summed E-state index contributed by atoms with van der Waals surface area (Å²) in [5.74, 6) is 0.260. The first-order chi connectivity index (χ1) is 9.60. The number of aryl methyl sites for hydroxylation is 1. The zero-order valence-electron chi connectivity index (χ0n) is 12.6. The minimum absolute atomic E-state index is 0.0201. The van der Waals surface area contributed by atoms with Crippen LogP contribution in [0.5, 0.6) is 0 Å². The third-order valence-electron chi connectivity index (χ3n) is 3.82. The summed E-state index contributed by atoms with van der Waals surface area (Å²) < 4.78 is 0. The highest BCUT2D eigenvalue weighted by Gasteiger charge is 2.26. The van der Waals surface area contributed by atoms with Crippen molar-refractivity contribution in [1.29, 1.82) is 0 Å². The number of piperidine rings is 1. The number of nitrogens with zero attached hydrogens (tertiary/aromatic N) is 1. The molecule has 1 aromatic carbocycles. The number of carbonyl (C=O) groups is 1. The van der Waals surface area contributed by atoms with Crippen molar-refractivity contribution in [3.05, 3.63) is 29.8 Å². The van der Waals surface area contributed by atoms with Gasteiger partial charge in [-0.2, -0.15) is 0 Å². The van der Waals surface area contributed by atoms with E-state index in [0.717, 1.165) is 19.5 Å². The summed E-state index contributed by atoms with van der Waals surface area (Å²) >= 11 is 1.65. The Morgan fingerprint density at radius 2 is 2.10 bits per heavy atom. The van der Waals surface area contributed by atoms with Crippen LogP contribution in [0.3, 0.4) is 0 Å². The summed E-state index contributed by atoms with van der Waals surface area (Å²) in [6.07, 6.45) is 2.26. The molecule has 110 valence electrons. The number of rotatable bonds is 4. The number of likely N-dealkylation sites (N-methyl/N-ethyl adjacent to an activating group) is 1. The van der Waals surface area contributed by atoms with Crippen LogP contribution in [0, 0.1) is 6.92 Å². The van der Waals surface area contributed by atoms with Crippen molar-refractivity contribution < 1.29 is 4.79 Å². The molecule has 0 bridgehead atoms. The van der Waals surface area contributed by atoms with Crippen molar-refractivity contribution in [2.24, 2.45) is 0 Å². The summed E-state index contributed by atoms with van der Waals surface area (Å²) in [6.45, 7) is 5.83. The van der Waals surface area contributed by atoms with Gasteiger partial charge >= 0.3 is 0 Å². The van der Waals surface area contributed by atoms with E-state index < -0.39 is 0 Å². The van der Waals surface area contributed by atoms with Gasteiger partial charge in [-0.1, -0.05) is 17.7 Å². The second-order valence-electron chi connectivity index (χ2n) is 5.49. The molecular weight excluding hydrogens is 268 g/mol. The molecule has 1 saturated heterocycles. The highest BCUT2D eigenvalue weighted by Crippen LogP contribution is 2.25. The molecule has 1 fully saturated rings. The van der Waals surface area contributed by atoms with Gasteiger partial charge in [0, 0.05) is 24.0 Å². The molecule has 0 aliphatic carbocycles. The van der Waals surface area contributed by atoms with Crippen molar-refractivity contribution in [3.8, 4) is 0 Å². The third kappa shape index (κ3) is 4.00. The predicted octanol–water partition coefficient (Wildman–Crippen LogP) is 2.69. The Bertz CT molecular complexity index is 446. The zero-order valence-corrected chi connectivity index (χ0v) is 13.4. The highest BCUT2D eigenvalue weighted by atomic mass is 32.2. The van der Waals surface area contributed by atoms with Gasteiger partial charge in [0.25, 0.3) is 0 Å². The van der Waals surface area contributed by atoms with Crippen LogP contribution < -0.4 is 5.32 Å². The van der Waals surface area contributed by atoms with Gasteiger partial charge in [0.2, 0.25) is 5.91 Å². The molecule has 1 aromatic rings. The molecule has 0 aromatic heterocycles. The van der Waals surface area contributed by atoms with E-state index in [2.05, 4.69) is 36.5 Å². The van der Waals surface area contributed by atoms with Crippen LogP contribution >= 0.6 is 11.8 Å². The zero-order chi connectivity index (χ0) is 14.5. The van der Waals surface area contributed by atoms with Crippen molar-refractivity contribution in [2.45, 2.75) is 42.9 Å². The first kappa shape index (κ1) is 15.4. The van der Waals surface area contributed by atoms with Gasteiger partial charge in [0.1, 0.15) is 0 Å². The molecule has 1 aliphatic heterocycles. The summed E-state index contributed by atoms with van der Waals surface area (Å²) in [5, 5.41) is 3.26.